The van der Waals surface area contributed by atoms with Crippen molar-refractivity contribution in [3.63, 3.8) is 0 Å². The molecule has 2 rings (SSSR count). The van der Waals surface area contributed by atoms with Crippen molar-refractivity contribution in [3.8, 4) is 0 Å². The Bertz CT molecular complexity index is 202. The van der Waals surface area contributed by atoms with Crippen LogP contribution in [0.25, 0.3) is 0 Å². The van der Waals surface area contributed by atoms with Crippen LogP contribution < -0.4 is 0 Å². The van der Waals surface area contributed by atoms with Gasteiger partial charge in [-0.2, -0.15) is 0 Å². The van der Waals surface area contributed by atoms with E-state index in [0.717, 1.165) is 35.5 Å². The first kappa shape index (κ1) is 11.5. The van der Waals surface area contributed by atoms with E-state index in [2.05, 4.69) is 27.7 Å². The average molecular weight is 208 g/mol. The second-order valence-electron chi connectivity index (χ2n) is 6.71. The van der Waals surface area contributed by atoms with Crippen molar-refractivity contribution in [1.29, 1.82) is 0 Å². The first-order valence-corrected chi connectivity index (χ1v) is 7.09. The van der Waals surface area contributed by atoms with Gasteiger partial charge in [0.2, 0.25) is 0 Å². The van der Waals surface area contributed by atoms with E-state index in [4.69, 9.17) is 0 Å². The number of hydrogen-bond donors (Lipinski definition) is 0. The lowest BCUT2D eigenvalue weighted by molar-refractivity contribution is 0.0182. The van der Waals surface area contributed by atoms with Crippen LogP contribution in [0.5, 0.6) is 0 Å². The standard InChI is InChI=1S/C15H28/c1-10(2)13-8-6-12(4)14-7-5-11(3)9-15(13)14/h10-15H,5-9H2,1-4H3/t11-,12+,13-,14+,15+/m0/s1. The van der Waals surface area contributed by atoms with Crippen molar-refractivity contribution >= 4 is 0 Å². The first-order valence-electron chi connectivity index (χ1n) is 7.09. The molecule has 0 aromatic carbocycles. The summed E-state index contributed by atoms with van der Waals surface area (Å²) in [5.74, 6) is 6.10. The van der Waals surface area contributed by atoms with Crippen LogP contribution >= 0.6 is 0 Å². The zero-order valence-electron chi connectivity index (χ0n) is 11.0. The molecule has 2 saturated carbocycles. The summed E-state index contributed by atoms with van der Waals surface area (Å²) >= 11 is 0. The first-order chi connectivity index (χ1) is 7.09. The molecule has 2 aliphatic rings. The van der Waals surface area contributed by atoms with Crippen molar-refractivity contribution in [2.45, 2.75) is 59.8 Å². The predicted molar refractivity (Wildman–Crippen MR) is 66.7 cm³/mol. The highest BCUT2D eigenvalue weighted by Gasteiger charge is 2.41. The summed E-state index contributed by atoms with van der Waals surface area (Å²) < 4.78 is 0. The second kappa shape index (κ2) is 4.47. The van der Waals surface area contributed by atoms with Gasteiger partial charge >= 0.3 is 0 Å². The van der Waals surface area contributed by atoms with Gasteiger partial charge in [-0.25, -0.2) is 0 Å². The molecule has 0 aliphatic heterocycles. The molecule has 0 amide bonds. The molecule has 2 fully saturated rings. The zero-order valence-corrected chi connectivity index (χ0v) is 11.0. The molecule has 0 saturated heterocycles. The smallest absolute Gasteiger partial charge is 0.0350 e. The Morgan fingerprint density at radius 3 is 2.27 bits per heavy atom. The highest BCUT2D eigenvalue weighted by molar-refractivity contribution is 4.90. The second-order valence-corrected chi connectivity index (χ2v) is 6.71. The molecule has 0 N–H and O–H groups in total. The van der Waals surface area contributed by atoms with Gasteiger partial charge in [-0.05, 0) is 54.8 Å². The third-order valence-electron chi connectivity index (χ3n) is 5.31. The summed E-state index contributed by atoms with van der Waals surface area (Å²) in [5, 5.41) is 0. The molecule has 5 atom stereocenters. The Balaban J connectivity index is 2.10. The van der Waals surface area contributed by atoms with Crippen molar-refractivity contribution in [3.05, 3.63) is 0 Å². The molecular formula is C15H28. The molecule has 0 unspecified atom stereocenters. The van der Waals surface area contributed by atoms with Crippen molar-refractivity contribution in [2.24, 2.45) is 35.5 Å². The van der Waals surface area contributed by atoms with Gasteiger partial charge in [-0.3, -0.25) is 0 Å². The minimum atomic E-state index is 0.912. The van der Waals surface area contributed by atoms with Gasteiger partial charge in [0.15, 0.2) is 0 Å². The van der Waals surface area contributed by atoms with Gasteiger partial charge in [-0.1, -0.05) is 40.5 Å². The fourth-order valence-corrected chi connectivity index (χ4v) is 4.36. The van der Waals surface area contributed by atoms with Gasteiger partial charge in [0.1, 0.15) is 0 Å². The van der Waals surface area contributed by atoms with E-state index in [1.807, 2.05) is 0 Å². The van der Waals surface area contributed by atoms with Crippen LogP contribution in [0, 0.1) is 35.5 Å². The molecule has 0 bridgehead atoms. The van der Waals surface area contributed by atoms with E-state index in [0.29, 0.717) is 0 Å². The van der Waals surface area contributed by atoms with Crippen LogP contribution in [-0.4, -0.2) is 0 Å². The van der Waals surface area contributed by atoms with Gasteiger partial charge < -0.3 is 0 Å². The summed E-state index contributed by atoms with van der Waals surface area (Å²) in [6.45, 7) is 9.85. The minimum absolute atomic E-state index is 0.912. The summed E-state index contributed by atoms with van der Waals surface area (Å²) in [6, 6.07) is 0. The van der Waals surface area contributed by atoms with Crippen LogP contribution in [0.2, 0.25) is 0 Å². The maximum Gasteiger partial charge on any atom is -0.0350 e. The Morgan fingerprint density at radius 2 is 1.60 bits per heavy atom. The minimum Gasteiger partial charge on any atom is -0.0625 e. The topological polar surface area (TPSA) is 0 Å². The third kappa shape index (κ3) is 2.24. The van der Waals surface area contributed by atoms with E-state index in [9.17, 15) is 0 Å². The lowest BCUT2D eigenvalue weighted by Gasteiger charge is -2.48. The normalized spacial score (nSPS) is 46.6. The van der Waals surface area contributed by atoms with Gasteiger partial charge in [0.05, 0.1) is 0 Å². The van der Waals surface area contributed by atoms with Crippen molar-refractivity contribution < 1.29 is 0 Å². The van der Waals surface area contributed by atoms with Gasteiger partial charge in [0.25, 0.3) is 0 Å². The van der Waals surface area contributed by atoms with E-state index in [1.54, 1.807) is 0 Å². The van der Waals surface area contributed by atoms with Gasteiger partial charge in [0, 0.05) is 0 Å². The number of fused-ring (bicyclic) bond motifs is 1. The highest BCUT2D eigenvalue weighted by Crippen LogP contribution is 2.50. The molecule has 0 heteroatoms. The molecule has 2 aliphatic carbocycles. The molecule has 0 aromatic rings. The maximum atomic E-state index is 2.50. The van der Waals surface area contributed by atoms with E-state index >= 15 is 0 Å². The van der Waals surface area contributed by atoms with Crippen LogP contribution in [0.4, 0.5) is 0 Å². The molecule has 0 aromatic heterocycles. The maximum absolute atomic E-state index is 2.50. The summed E-state index contributed by atoms with van der Waals surface area (Å²) in [7, 11) is 0. The monoisotopic (exact) mass is 208 g/mol. The zero-order chi connectivity index (χ0) is 11.0. The third-order valence-corrected chi connectivity index (χ3v) is 5.31. The quantitative estimate of drug-likeness (QED) is 0.584. The number of rotatable bonds is 1. The Kier molecular flexibility index (Phi) is 3.42. The Morgan fingerprint density at radius 1 is 0.867 bits per heavy atom. The summed E-state index contributed by atoms with van der Waals surface area (Å²) in [6.07, 6.45) is 7.55. The van der Waals surface area contributed by atoms with Crippen LogP contribution in [-0.2, 0) is 0 Å². The van der Waals surface area contributed by atoms with E-state index in [1.165, 1.54) is 32.1 Å². The molecule has 0 nitrogen and oxygen atoms in total. The average Bonchev–Trinajstić information content (AvgIpc) is 2.17. The van der Waals surface area contributed by atoms with Crippen LogP contribution in [0.3, 0.4) is 0 Å². The number of hydrogen-bond acceptors (Lipinski definition) is 0. The lowest BCUT2D eigenvalue weighted by Crippen LogP contribution is -2.39. The molecule has 0 radical (unpaired) electrons. The SMILES string of the molecule is CC(C)[C@@H]1CC[C@@H](C)[C@H]2CC[C@H](C)C[C@@H]21. The van der Waals surface area contributed by atoms with Crippen molar-refractivity contribution in [1.82, 2.24) is 0 Å². The largest absolute Gasteiger partial charge is 0.0625 e. The van der Waals surface area contributed by atoms with Crippen LogP contribution in [0.15, 0.2) is 0 Å². The Labute approximate surface area is 95.8 Å². The summed E-state index contributed by atoms with van der Waals surface area (Å²) in [4.78, 5) is 0. The Hall–Kier alpha value is 0. The fraction of sp³-hybridized carbons (Fsp3) is 1.00. The molecular weight excluding hydrogens is 180 g/mol. The van der Waals surface area contributed by atoms with Crippen molar-refractivity contribution in [2.75, 3.05) is 0 Å². The molecule has 88 valence electrons. The highest BCUT2D eigenvalue weighted by atomic mass is 14.5. The predicted octanol–water partition coefficient (Wildman–Crippen LogP) is 4.74. The van der Waals surface area contributed by atoms with E-state index < -0.39 is 0 Å². The summed E-state index contributed by atoms with van der Waals surface area (Å²) in [5.41, 5.74) is 0. The lowest BCUT2D eigenvalue weighted by atomic mass is 9.57. The molecule has 0 heterocycles. The van der Waals surface area contributed by atoms with Gasteiger partial charge in [-0.15, -0.1) is 0 Å². The molecule has 0 spiro atoms. The van der Waals surface area contributed by atoms with Crippen LogP contribution in [0.1, 0.15) is 59.8 Å². The van der Waals surface area contributed by atoms with E-state index in [-0.39, 0.29) is 0 Å². The molecule has 15 heavy (non-hydrogen) atoms. The fourth-order valence-electron chi connectivity index (χ4n) is 4.36.